The third kappa shape index (κ3) is 3.23. The number of aromatic nitrogens is 2. The molecule has 0 aliphatic carbocycles. The van der Waals surface area contributed by atoms with E-state index in [9.17, 15) is 12.8 Å². The number of hydrogen-bond donors (Lipinski definition) is 2. The average molecular weight is 292 g/mol. The molecular weight excluding hydrogens is 273 g/mol. The number of nitrogens with one attached hydrogen (secondary N) is 1. The first-order valence-electron chi connectivity index (χ1n) is 6.03. The fraction of sp³-hybridized carbons (Fsp3) is 0.700. The number of nitrogens with two attached hydrogens (primary N) is 1. The van der Waals surface area contributed by atoms with Crippen LogP contribution in [0.4, 0.5) is 10.1 Å². The number of rotatable bonds is 3. The highest BCUT2D eigenvalue weighted by molar-refractivity contribution is 7.90. The van der Waals surface area contributed by atoms with Crippen LogP contribution in [0.2, 0.25) is 0 Å². The van der Waals surface area contributed by atoms with Gasteiger partial charge in [-0.3, -0.25) is 4.68 Å². The Hall–Kier alpha value is -1.19. The molecule has 0 saturated carbocycles. The lowest BCUT2D eigenvalue weighted by Gasteiger charge is -2.35. The number of likely N-dealkylation sites (tertiary alicyclic amines) is 1. The number of aryl methyl sites for hydroxylation is 1. The van der Waals surface area contributed by atoms with Crippen LogP contribution in [0.15, 0.2) is 12.4 Å². The second-order valence-electron chi connectivity index (χ2n) is 5.07. The number of quaternary nitrogens is 1. The molecule has 1 aliphatic heterocycles. The molecular formula is C10H19FN5O2S+. The van der Waals surface area contributed by atoms with Crippen LogP contribution in [-0.4, -0.2) is 50.5 Å². The van der Waals surface area contributed by atoms with Crippen molar-refractivity contribution in [3.8, 4) is 0 Å². The molecule has 0 amide bonds. The van der Waals surface area contributed by atoms with Gasteiger partial charge in [-0.1, -0.05) is 0 Å². The molecule has 0 bridgehead atoms. The van der Waals surface area contributed by atoms with Gasteiger partial charge in [-0.25, -0.2) is 13.8 Å². The number of halogens is 1. The molecule has 2 rings (SSSR count). The van der Waals surface area contributed by atoms with Gasteiger partial charge in [0.1, 0.15) is 6.54 Å². The number of anilines is 1. The second kappa shape index (κ2) is 5.06. The Bertz CT molecular complexity index is 536. The highest BCUT2D eigenvalue weighted by Gasteiger charge is 2.37. The summed E-state index contributed by atoms with van der Waals surface area (Å²) >= 11 is 0. The maximum atomic E-state index is 13.6. The number of hydrogen-bond acceptors (Lipinski definition) is 3. The summed E-state index contributed by atoms with van der Waals surface area (Å²) in [4.78, 5) is 0.946. The molecule has 1 unspecified atom stereocenters. The number of likely N-dealkylation sites (N-methyl/N-ethyl adjacent to an activating group) is 1. The van der Waals surface area contributed by atoms with Crippen LogP contribution >= 0.6 is 0 Å². The smallest absolute Gasteiger partial charge is 0.299 e. The maximum absolute atomic E-state index is 13.6. The average Bonchev–Trinajstić information content (AvgIpc) is 2.60. The van der Waals surface area contributed by atoms with Crippen LogP contribution in [-0.2, 0) is 17.3 Å². The lowest BCUT2D eigenvalue weighted by atomic mass is 10.0. The molecule has 1 fully saturated rings. The van der Waals surface area contributed by atoms with Crippen molar-refractivity contribution in [1.29, 1.82) is 0 Å². The van der Waals surface area contributed by atoms with Gasteiger partial charge in [0.15, 0.2) is 6.17 Å². The molecule has 2 heterocycles. The highest BCUT2D eigenvalue weighted by Crippen LogP contribution is 2.22. The largest absolute Gasteiger partial charge is 0.333 e. The van der Waals surface area contributed by atoms with E-state index in [-0.39, 0.29) is 6.42 Å². The van der Waals surface area contributed by atoms with Crippen molar-refractivity contribution in [2.24, 2.45) is 12.2 Å². The third-order valence-electron chi connectivity index (χ3n) is 3.23. The van der Waals surface area contributed by atoms with Gasteiger partial charge < -0.3 is 4.90 Å². The summed E-state index contributed by atoms with van der Waals surface area (Å²) in [5.41, 5.74) is 0.372. The van der Waals surface area contributed by atoms with E-state index >= 15 is 0 Å². The van der Waals surface area contributed by atoms with E-state index in [0.29, 0.717) is 18.8 Å². The van der Waals surface area contributed by atoms with Gasteiger partial charge >= 0.3 is 0 Å². The summed E-state index contributed by atoms with van der Waals surface area (Å²) in [5, 5.41) is 9.21. The van der Waals surface area contributed by atoms with Crippen LogP contribution in [0.5, 0.6) is 0 Å². The van der Waals surface area contributed by atoms with E-state index in [2.05, 4.69) is 5.10 Å². The molecule has 1 aliphatic rings. The third-order valence-corrected chi connectivity index (χ3v) is 4.29. The van der Waals surface area contributed by atoms with E-state index in [0.717, 1.165) is 9.21 Å². The van der Waals surface area contributed by atoms with E-state index in [1.807, 2.05) is 7.05 Å². The summed E-state index contributed by atoms with van der Waals surface area (Å²) < 4.78 is 39.8. The molecule has 3 N–H and O–H groups in total. The molecule has 1 aromatic heterocycles. The van der Waals surface area contributed by atoms with Gasteiger partial charge in [-0.15, -0.1) is 0 Å². The molecule has 108 valence electrons. The van der Waals surface area contributed by atoms with Gasteiger partial charge in [0, 0.05) is 19.7 Å². The fourth-order valence-corrected chi connectivity index (χ4v) is 3.56. The summed E-state index contributed by atoms with van der Waals surface area (Å²) in [6.45, 7) is 0.910. The van der Waals surface area contributed by atoms with Crippen LogP contribution in [0, 0.1) is 0 Å². The second-order valence-corrected chi connectivity index (χ2v) is 6.49. The molecule has 3 atom stereocenters. The minimum absolute atomic E-state index is 0.155. The topological polar surface area (TPSA) is 85.7 Å². The van der Waals surface area contributed by atoms with Gasteiger partial charge in [-0.2, -0.15) is 13.5 Å². The molecule has 0 spiro atoms. The van der Waals surface area contributed by atoms with Gasteiger partial charge in [0.25, 0.3) is 10.2 Å². The van der Waals surface area contributed by atoms with Crippen molar-refractivity contribution < 1.29 is 17.7 Å². The lowest BCUT2D eigenvalue weighted by molar-refractivity contribution is -0.888. The zero-order valence-corrected chi connectivity index (χ0v) is 11.8. The standard InChI is InChI=1S/C10H18FN5O2S/c1-14-5-8(11)3-9(6-14)16(19(12,17)18)10-4-13-15(2)7-10/h4,7-9H,3,5-6H2,1-2H3,(H2,12,17,18)/p+1/t8-,9+/m1/s1. The predicted molar refractivity (Wildman–Crippen MR) is 68.7 cm³/mol. The Morgan fingerprint density at radius 3 is 2.74 bits per heavy atom. The van der Waals surface area contributed by atoms with E-state index in [1.54, 1.807) is 13.2 Å². The van der Waals surface area contributed by atoms with Gasteiger partial charge in [0.2, 0.25) is 0 Å². The van der Waals surface area contributed by atoms with Crippen molar-refractivity contribution in [3.63, 3.8) is 0 Å². The first-order chi connectivity index (χ1) is 8.77. The fourth-order valence-electron chi connectivity index (χ4n) is 2.59. The predicted octanol–water partition coefficient (Wildman–Crippen LogP) is -1.94. The Balaban J connectivity index is 2.33. The number of alkyl halides is 1. The molecule has 7 nitrogen and oxygen atoms in total. The van der Waals surface area contributed by atoms with Crippen molar-refractivity contribution in [1.82, 2.24) is 9.78 Å². The van der Waals surface area contributed by atoms with E-state index in [4.69, 9.17) is 5.14 Å². The monoisotopic (exact) mass is 292 g/mol. The summed E-state index contributed by atoms with van der Waals surface area (Å²) in [7, 11) is -0.433. The van der Waals surface area contributed by atoms with Crippen LogP contribution in [0.3, 0.4) is 0 Å². The Kier molecular flexibility index (Phi) is 3.79. The van der Waals surface area contributed by atoms with Gasteiger partial charge in [-0.05, 0) is 0 Å². The highest BCUT2D eigenvalue weighted by atomic mass is 32.2. The van der Waals surface area contributed by atoms with Gasteiger partial charge in [0.05, 0.1) is 31.5 Å². The molecule has 1 aromatic rings. The minimum atomic E-state index is -3.95. The van der Waals surface area contributed by atoms with E-state index in [1.165, 1.54) is 10.9 Å². The van der Waals surface area contributed by atoms with Crippen molar-refractivity contribution in [2.75, 3.05) is 24.4 Å². The summed E-state index contributed by atoms with van der Waals surface area (Å²) in [6, 6.07) is -0.483. The normalized spacial score (nSPS) is 28.3. The summed E-state index contributed by atoms with van der Waals surface area (Å²) in [6.07, 6.45) is 2.10. The first-order valence-corrected chi connectivity index (χ1v) is 7.54. The molecule has 0 radical (unpaired) electrons. The number of nitrogens with zero attached hydrogens (tertiary/aromatic N) is 3. The van der Waals surface area contributed by atoms with Crippen LogP contribution in [0.1, 0.15) is 6.42 Å². The van der Waals surface area contributed by atoms with E-state index < -0.39 is 22.4 Å². The van der Waals surface area contributed by atoms with Crippen LogP contribution in [0.25, 0.3) is 0 Å². The Labute approximate surface area is 112 Å². The molecule has 19 heavy (non-hydrogen) atoms. The van der Waals surface area contributed by atoms with Crippen molar-refractivity contribution in [3.05, 3.63) is 12.4 Å². The van der Waals surface area contributed by atoms with Crippen molar-refractivity contribution >= 4 is 15.9 Å². The first kappa shape index (κ1) is 14.2. The molecule has 0 aromatic carbocycles. The minimum Gasteiger partial charge on any atom is -0.333 e. The molecule has 1 saturated heterocycles. The maximum Gasteiger partial charge on any atom is 0.299 e. The Morgan fingerprint density at radius 1 is 1.58 bits per heavy atom. The summed E-state index contributed by atoms with van der Waals surface area (Å²) in [5.74, 6) is 0. The zero-order chi connectivity index (χ0) is 14.2. The zero-order valence-electron chi connectivity index (χ0n) is 11.0. The SMILES string of the molecule is Cn1cc(N([C@H]2C[C@@H](F)C[NH+](C)C2)S(N)(=O)=O)cn1. The number of piperidine rings is 1. The molecule has 9 heteroatoms. The van der Waals surface area contributed by atoms with Crippen LogP contribution < -0.4 is 14.3 Å². The lowest BCUT2D eigenvalue weighted by Crippen LogP contribution is -3.13. The quantitative estimate of drug-likeness (QED) is 0.679. The Morgan fingerprint density at radius 2 is 2.26 bits per heavy atom. The van der Waals surface area contributed by atoms with Crippen molar-refractivity contribution in [2.45, 2.75) is 18.6 Å².